The number of ether oxygens (including phenoxy) is 3. The van der Waals surface area contributed by atoms with Crippen molar-refractivity contribution < 1.29 is 43.3 Å². The van der Waals surface area contributed by atoms with E-state index in [1.807, 2.05) is 65.6 Å². The minimum Gasteiger partial charge on any atom is -0.491 e. The summed E-state index contributed by atoms with van der Waals surface area (Å²) in [7, 11) is 1.21. The quantitative estimate of drug-likeness (QED) is 0.200. The molecule has 4 N–H and O–H groups in total. The maximum atomic E-state index is 15.7. The highest BCUT2D eigenvalue weighted by atomic mass is 16.6. The number of para-hydroxylation sites is 1. The molecule has 4 aromatic carbocycles. The number of anilines is 1. The first kappa shape index (κ1) is 37.3. The van der Waals surface area contributed by atoms with Gasteiger partial charge in [0.2, 0.25) is 11.8 Å². The number of aliphatic hydroxyl groups is 1. The minimum absolute atomic E-state index is 0.0459. The minimum atomic E-state index is -1.96. The van der Waals surface area contributed by atoms with E-state index in [-0.39, 0.29) is 18.9 Å². The van der Waals surface area contributed by atoms with E-state index in [9.17, 15) is 24.3 Å². The van der Waals surface area contributed by atoms with Gasteiger partial charge in [0.15, 0.2) is 0 Å². The number of rotatable bonds is 10. The Bertz CT molecular complexity index is 2090. The molecule has 3 heterocycles. The number of nitrogens with one attached hydrogen (secondary N) is 1. The molecule has 4 amide bonds. The van der Waals surface area contributed by atoms with Crippen LogP contribution in [0.4, 0.5) is 10.5 Å². The number of esters is 2. The van der Waals surface area contributed by atoms with Gasteiger partial charge in [-0.15, -0.1) is 0 Å². The lowest BCUT2D eigenvalue weighted by Crippen LogP contribution is -2.57. The van der Waals surface area contributed by atoms with E-state index in [4.69, 9.17) is 19.9 Å². The van der Waals surface area contributed by atoms with Crippen LogP contribution in [0.2, 0.25) is 0 Å². The second-order valence-electron chi connectivity index (χ2n) is 14.2. The number of benzene rings is 4. The largest absolute Gasteiger partial charge is 0.491 e. The number of fused-ring (bicyclic) bond motifs is 3. The van der Waals surface area contributed by atoms with Crippen molar-refractivity contribution in [2.45, 2.75) is 49.5 Å². The number of urea groups is 1. The molecule has 1 spiro atoms. The highest BCUT2D eigenvalue weighted by molar-refractivity contribution is 6.25. The summed E-state index contributed by atoms with van der Waals surface area (Å²) in [6.45, 7) is 3.29. The molecule has 0 radical (unpaired) electrons. The first-order chi connectivity index (χ1) is 26.6. The van der Waals surface area contributed by atoms with E-state index < -0.39 is 77.3 Å². The lowest BCUT2D eigenvalue weighted by molar-refractivity contribution is -0.178. The predicted molar refractivity (Wildman–Crippen MR) is 199 cm³/mol. The molecule has 3 aliphatic heterocycles. The molecule has 2 fully saturated rings. The fraction of sp³-hybridized carbons (Fsp3) is 0.310. The number of nitrogens with zero attached hydrogens (tertiary/aromatic N) is 2. The standard InChI is InChI=1S/C42H42N4O9/c1-24(2)32(38(49)53-3)44-41(52)45-30-17-11-10-16-29(30)42(40(45)51)31(37(43)48)34-39(50)55-35(26-14-8-5-9-15-26)33(25-12-6-4-7-13-25)46(34)36(42)27-18-20-28(21-19-27)54-23-22-47/h4-21,24,31-36,47H,22-23H2,1-3H3,(H2,43,48)(H,44,52)/t31-,32-,33-,34-,35+,36+,42-/m0/s1. The highest BCUT2D eigenvalue weighted by Crippen LogP contribution is 2.65. The molecule has 55 heavy (non-hydrogen) atoms. The summed E-state index contributed by atoms with van der Waals surface area (Å²) >= 11 is 0. The number of primary amides is 1. The Labute approximate surface area is 318 Å². The molecule has 13 heteroatoms. The molecular weight excluding hydrogens is 704 g/mol. The summed E-state index contributed by atoms with van der Waals surface area (Å²) < 4.78 is 16.9. The molecule has 2 saturated heterocycles. The topological polar surface area (TPSA) is 178 Å². The number of methoxy groups -OCH3 is 1. The zero-order valence-electron chi connectivity index (χ0n) is 30.5. The van der Waals surface area contributed by atoms with Crippen LogP contribution in [0.25, 0.3) is 0 Å². The van der Waals surface area contributed by atoms with Gasteiger partial charge in [0.1, 0.15) is 36.0 Å². The van der Waals surface area contributed by atoms with Gasteiger partial charge >= 0.3 is 18.0 Å². The van der Waals surface area contributed by atoms with E-state index >= 15 is 4.79 Å². The second kappa shape index (κ2) is 15.0. The van der Waals surface area contributed by atoms with Crippen molar-refractivity contribution in [2.75, 3.05) is 25.2 Å². The molecule has 0 aromatic heterocycles. The molecule has 0 aliphatic carbocycles. The van der Waals surface area contributed by atoms with Crippen molar-refractivity contribution in [3.63, 3.8) is 0 Å². The molecule has 4 aromatic rings. The maximum absolute atomic E-state index is 15.7. The third kappa shape index (κ3) is 6.09. The molecule has 13 nitrogen and oxygen atoms in total. The molecular formula is C42H42N4O9. The van der Waals surface area contributed by atoms with Gasteiger partial charge in [-0.25, -0.2) is 14.5 Å². The van der Waals surface area contributed by atoms with Gasteiger partial charge in [0, 0.05) is 0 Å². The van der Waals surface area contributed by atoms with Gasteiger partial charge in [-0.2, -0.15) is 0 Å². The molecule has 3 aliphatic rings. The van der Waals surface area contributed by atoms with E-state index in [0.717, 1.165) is 10.5 Å². The highest BCUT2D eigenvalue weighted by Gasteiger charge is 2.75. The van der Waals surface area contributed by atoms with Crippen LogP contribution in [-0.2, 0) is 34.1 Å². The van der Waals surface area contributed by atoms with Crippen molar-refractivity contribution in [3.8, 4) is 5.75 Å². The van der Waals surface area contributed by atoms with Gasteiger partial charge in [0.05, 0.1) is 37.4 Å². The van der Waals surface area contributed by atoms with Crippen molar-refractivity contribution in [3.05, 3.63) is 131 Å². The monoisotopic (exact) mass is 746 g/mol. The smallest absolute Gasteiger partial charge is 0.329 e. The number of aliphatic hydroxyl groups excluding tert-OH is 1. The van der Waals surface area contributed by atoms with Gasteiger partial charge in [-0.1, -0.05) is 105 Å². The van der Waals surface area contributed by atoms with Crippen LogP contribution in [0.5, 0.6) is 5.75 Å². The number of nitrogens with two attached hydrogens (primary N) is 1. The van der Waals surface area contributed by atoms with Gasteiger partial charge in [0.25, 0.3) is 0 Å². The summed E-state index contributed by atoms with van der Waals surface area (Å²) in [6.07, 6.45) is -0.885. The number of carbonyl (C=O) groups is 5. The third-order valence-corrected chi connectivity index (χ3v) is 10.8. The Balaban J connectivity index is 1.50. The van der Waals surface area contributed by atoms with Crippen LogP contribution in [0.15, 0.2) is 109 Å². The Hall–Kier alpha value is -6.05. The van der Waals surface area contributed by atoms with E-state index in [0.29, 0.717) is 22.4 Å². The van der Waals surface area contributed by atoms with E-state index in [1.54, 1.807) is 62.4 Å². The number of morpholine rings is 1. The average molecular weight is 747 g/mol. The van der Waals surface area contributed by atoms with Gasteiger partial charge in [-0.3, -0.25) is 19.3 Å². The number of imide groups is 1. The van der Waals surface area contributed by atoms with Crippen LogP contribution < -0.4 is 20.7 Å². The van der Waals surface area contributed by atoms with Crippen molar-refractivity contribution >= 4 is 35.5 Å². The number of cyclic esters (lactones) is 1. The molecule has 7 atom stereocenters. The summed E-state index contributed by atoms with van der Waals surface area (Å²) in [4.78, 5) is 74.4. The van der Waals surface area contributed by atoms with Crippen LogP contribution in [-0.4, -0.2) is 72.2 Å². The second-order valence-corrected chi connectivity index (χ2v) is 14.2. The summed E-state index contributed by atoms with van der Waals surface area (Å²) in [6, 6.07) is 26.8. The summed E-state index contributed by atoms with van der Waals surface area (Å²) in [5.41, 5.74) is 6.80. The Morgan fingerprint density at radius 3 is 2.07 bits per heavy atom. The van der Waals surface area contributed by atoms with Crippen LogP contribution in [0.1, 0.15) is 54.3 Å². The van der Waals surface area contributed by atoms with Crippen LogP contribution >= 0.6 is 0 Å². The van der Waals surface area contributed by atoms with E-state index in [2.05, 4.69) is 5.32 Å². The Morgan fingerprint density at radius 1 is 0.855 bits per heavy atom. The third-order valence-electron chi connectivity index (χ3n) is 10.8. The lowest BCUT2D eigenvalue weighted by atomic mass is 9.65. The molecule has 7 rings (SSSR count). The average Bonchev–Trinajstić information content (AvgIpc) is 3.66. The summed E-state index contributed by atoms with van der Waals surface area (Å²) in [5.74, 6) is -4.71. The van der Waals surface area contributed by atoms with Crippen LogP contribution in [0.3, 0.4) is 0 Å². The SMILES string of the molecule is COC(=O)[C@@H](NC(=O)N1C(=O)[C@@]2(c3ccccc31)[C@H](C(N)=O)[C@H]1C(=O)O[C@H](c3ccccc3)[C@H](c3ccccc3)N1[C@@H]2c1ccc(OCCO)cc1)C(C)C. The fourth-order valence-electron chi connectivity index (χ4n) is 8.63. The van der Waals surface area contributed by atoms with Crippen LogP contribution in [0, 0.1) is 11.8 Å². The van der Waals surface area contributed by atoms with Crippen molar-refractivity contribution in [1.29, 1.82) is 0 Å². The van der Waals surface area contributed by atoms with Gasteiger partial charge in [-0.05, 0) is 46.4 Å². The molecule has 0 bridgehead atoms. The first-order valence-corrected chi connectivity index (χ1v) is 18.1. The first-order valence-electron chi connectivity index (χ1n) is 18.1. The van der Waals surface area contributed by atoms with Crippen molar-refractivity contribution in [2.24, 2.45) is 17.6 Å². The predicted octanol–water partition coefficient (Wildman–Crippen LogP) is 4.12. The van der Waals surface area contributed by atoms with Gasteiger partial charge < -0.3 is 30.4 Å². The Morgan fingerprint density at radius 2 is 1.47 bits per heavy atom. The number of hydrogen-bond acceptors (Lipinski definition) is 10. The molecule has 0 unspecified atom stereocenters. The zero-order valence-corrected chi connectivity index (χ0v) is 30.5. The fourth-order valence-corrected chi connectivity index (χ4v) is 8.63. The number of hydrogen-bond donors (Lipinski definition) is 3. The normalized spacial score (nSPS) is 24.9. The molecule has 284 valence electrons. The number of amides is 4. The molecule has 0 saturated carbocycles. The van der Waals surface area contributed by atoms with Crippen molar-refractivity contribution in [1.82, 2.24) is 10.2 Å². The zero-order chi connectivity index (χ0) is 39.0. The lowest BCUT2D eigenvalue weighted by Gasteiger charge is -2.46. The van der Waals surface area contributed by atoms with E-state index in [1.165, 1.54) is 7.11 Å². The number of carbonyl (C=O) groups excluding carboxylic acids is 5. The Kier molecular flexibility index (Phi) is 10.2. The maximum Gasteiger partial charge on any atom is 0.329 e. The summed E-state index contributed by atoms with van der Waals surface area (Å²) in [5, 5.41) is 12.1.